The van der Waals surface area contributed by atoms with E-state index in [-0.39, 0.29) is 0 Å². The van der Waals surface area contributed by atoms with Crippen LogP contribution in [0.4, 0.5) is 5.69 Å². The first kappa shape index (κ1) is 12.7. The third kappa shape index (κ3) is 3.65. The van der Waals surface area contributed by atoms with Gasteiger partial charge in [0.15, 0.2) is 0 Å². The van der Waals surface area contributed by atoms with Crippen molar-refractivity contribution in [2.45, 2.75) is 6.42 Å². The van der Waals surface area contributed by atoms with Crippen molar-refractivity contribution in [2.75, 3.05) is 44.2 Å². The first-order chi connectivity index (χ1) is 8.90. The van der Waals surface area contributed by atoms with E-state index in [2.05, 4.69) is 50.2 Å². The topological polar surface area (TPSA) is 55.2 Å². The zero-order chi connectivity index (χ0) is 12.6. The molecule has 18 heavy (non-hydrogen) atoms. The van der Waals surface area contributed by atoms with Crippen LogP contribution in [0.15, 0.2) is 35.4 Å². The van der Waals surface area contributed by atoms with Gasteiger partial charge in [-0.05, 0) is 30.6 Å². The fourth-order valence-corrected chi connectivity index (χ4v) is 2.28. The monoisotopic (exact) mass is 245 g/mol. The minimum absolute atomic E-state index is 0.607. The van der Waals surface area contributed by atoms with Crippen molar-refractivity contribution >= 4 is 5.69 Å². The Morgan fingerprint density at radius 3 is 2.50 bits per heavy atom. The highest BCUT2D eigenvalue weighted by molar-refractivity contribution is 5.46. The van der Waals surface area contributed by atoms with Crippen LogP contribution in [-0.4, -0.2) is 44.2 Å². The van der Waals surface area contributed by atoms with Crippen LogP contribution in [0.2, 0.25) is 0 Å². The van der Waals surface area contributed by atoms with Gasteiger partial charge in [0.1, 0.15) is 0 Å². The normalized spacial score (nSPS) is 16.3. The van der Waals surface area contributed by atoms with E-state index in [0.717, 1.165) is 39.1 Å². The van der Waals surface area contributed by atoms with Gasteiger partial charge in [-0.2, -0.15) is 0 Å². The average molecular weight is 245 g/mol. The van der Waals surface area contributed by atoms with Gasteiger partial charge in [-0.3, -0.25) is 4.90 Å². The second-order valence-corrected chi connectivity index (χ2v) is 4.47. The number of benzene rings is 1. The van der Waals surface area contributed by atoms with E-state index in [1.807, 2.05) is 0 Å². The molecular formula is C13H19N5. The molecule has 2 rings (SSSR count). The molecule has 0 spiro atoms. The summed E-state index contributed by atoms with van der Waals surface area (Å²) < 4.78 is 0. The Bertz CT molecular complexity index is 391. The second-order valence-electron chi connectivity index (χ2n) is 4.47. The Hall–Kier alpha value is -1.71. The summed E-state index contributed by atoms with van der Waals surface area (Å²) in [4.78, 5) is 7.63. The highest BCUT2D eigenvalue weighted by Gasteiger charge is 2.16. The molecule has 96 valence electrons. The molecule has 5 nitrogen and oxygen atoms in total. The van der Waals surface area contributed by atoms with Gasteiger partial charge in [0.25, 0.3) is 0 Å². The van der Waals surface area contributed by atoms with Crippen LogP contribution in [0.1, 0.15) is 6.42 Å². The summed E-state index contributed by atoms with van der Waals surface area (Å²) in [6.07, 6.45) is 0.954. The molecule has 0 unspecified atom stereocenters. The van der Waals surface area contributed by atoms with Gasteiger partial charge in [-0.15, -0.1) is 0 Å². The lowest BCUT2D eigenvalue weighted by Gasteiger charge is -2.36. The summed E-state index contributed by atoms with van der Waals surface area (Å²) in [5.74, 6) is 0. The fourth-order valence-electron chi connectivity index (χ4n) is 2.28. The SMILES string of the molecule is [N-]=[N+]=NCCCN1CCN(c2ccccc2)CC1. The van der Waals surface area contributed by atoms with Crippen LogP contribution < -0.4 is 4.90 Å². The number of hydrogen-bond acceptors (Lipinski definition) is 3. The van der Waals surface area contributed by atoms with Gasteiger partial charge < -0.3 is 4.90 Å². The summed E-state index contributed by atoms with van der Waals surface area (Å²) in [5.41, 5.74) is 9.51. The van der Waals surface area contributed by atoms with Crippen molar-refractivity contribution in [1.82, 2.24) is 4.90 Å². The molecule has 5 heteroatoms. The van der Waals surface area contributed by atoms with E-state index in [9.17, 15) is 0 Å². The first-order valence-corrected chi connectivity index (χ1v) is 6.43. The first-order valence-electron chi connectivity index (χ1n) is 6.43. The van der Waals surface area contributed by atoms with Crippen LogP contribution in [0.3, 0.4) is 0 Å². The van der Waals surface area contributed by atoms with Crippen LogP contribution in [-0.2, 0) is 0 Å². The number of rotatable bonds is 5. The Morgan fingerprint density at radius 1 is 1.11 bits per heavy atom. The minimum Gasteiger partial charge on any atom is -0.369 e. The summed E-state index contributed by atoms with van der Waals surface area (Å²) in [6.45, 7) is 5.96. The molecule has 1 saturated heterocycles. The Kier molecular flexibility index (Phi) is 4.88. The Balaban J connectivity index is 1.73. The van der Waals surface area contributed by atoms with Crippen LogP contribution in [0.25, 0.3) is 10.4 Å². The quantitative estimate of drug-likeness (QED) is 0.346. The Morgan fingerprint density at radius 2 is 1.83 bits per heavy atom. The molecule has 0 radical (unpaired) electrons. The van der Waals surface area contributed by atoms with Gasteiger partial charge in [-0.25, -0.2) is 0 Å². The summed E-state index contributed by atoms with van der Waals surface area (Å²) >= 11 is 0. The van der Waals surface area contributed by atoms with Crippen LogP contribution >= 0.6 is 0 Å². The van der Waals surface area contributed by atoms with Crippen molar-refractivity contribution in [2.24, 2.45) is 5.11 Å². The van der Waals surface area contributed by atoms with Crippen molar-refractivity contribution in [3.63, 3.8) is 0 Å². The highest BCUT2D eigenvalue weighted by atomic mass is 15.3. The van der Waals surface area contributed by atoms with Crippen molar-refractivity contribution in [3.8, 4) is 0 Å². The number of azide groups is 1. The number of piperazine rings is 1. The maximum Gasteiger partial charge on any atom is 0.0367 e. The third-order valence-electron chi connectivity index (χ3n) is 3.29. The number of hydrogen-bond donors (Lipinski definition) is 0. The maximum absolute atomic E-state index is 8.20. The van der Waals surface area contributed by atoms with E-state index in [0.29, 0.717) is 6.54 Å². The van der Waals surface area contributed by atoms with Gasteiger partial charge in [-0.1, -0.05) is 23.3 Å². The molecule has 0 atom stereocenters. The zero-order valence-corrected chi connectivity index (χ0v) is 10.6. The van der Waals surface area contributed by atoms with Gasteiger partial charge in [0, 0.05) is 43.3 Å². The zero-order valence-electron chi connectivity index (χ0n) is 10.6. The van der Waals surface area contributed by atoms with E-state index in [1.165, 1.54) is 5.69 Å². The van der Waals surface area contributed by atoms with Crippen molar-refractivity contribution < 1.29 is 0 Å². The number of nitrogens with zero attached hydrogens (tertiary/aromatic N) is 5. The molecule has 1 aromatic rings. The molecule has 1 fully saturated rings. The van der Waals surface area contributed by atoms with Gasteiger partial charge in [0.2, 0.25) is 0 Å². The molecule has 0 amide bonds. The smallest absolute Gasteiger partial charge is 0.0367 e. The standard InChI is InChI=1S/C13H19N5/c14-16-15-7-4-8-17-9-11-18(12-10-17)13-5-2-1-3-6-13/h1-3,5-6H,4,7-12H2. The maximum atomic E-state index is 8.20. The molecule has 0 aliphatic carbocycles. The van der Waals surface area contributed by atoms with Crippen molar-refractivity contribution in [3.05, 3.63) is 40.8 Å². The molecule has 1 aliphatic rings. The summed E-state index contributed by atoms with van der Waals surface area (Å²) in [5, 5.41) is 3.56. The molecule has 0 aromatic heterocycles. The minimum atomic E-state index is 0.607. The van der Waals surface area contributed by atoms with Crippen LogP contribution in [0, 0.1) is 0 Å². The Labute approximate surface area is 108 Å². The van der Waals surface area contributed by atoms with E-state index in [1.54, 1.807) is 0 Å². The lowest BCUT2D eigenvalue weighted by molar-refractivity contribution is 0.256. The van der Waals surface area contributed by atoms with Crippen molar-refractivity contribution in [1.29, 1.82) is 0 Å². The average Bonchev–Trinajstić information content (AvgIpc) is 2.45. The molecular weight excluding hydrogens is 226 g/mol. The van der Waals surface area contributed by atoms with E-state index >= 15 is 0 Å². The molecule has 0 bridgehead atoms. The summed E-state index contributed by atoms with van der Waals surface area (Å²) in [6, 6.07) is 10.5. The molecule has 0 N–H and O–H groups in total. The highest BCUT2D eigenvalue weighted by Crippen LogP contribution is 2.15. The predicted octanol–water partition coefficient (Wildman–Crippen LogP) is 2.51. The third-order valence-corrected chi connectivity index (χ3v) is 3.29. The fraction of sp³-hybridized carbons (Fsp3) is 0.538. The molecule has 1 aliphatic heterocycles. The lowest BCUT2D eigenvalue weighted by atomic mass is 10.2. The van der Waals surface area contributed by atoms with E-state index < -0.39 is 0 Å². The van der Waals surface area contributed by atoms with Gasteiger partial charge in [0.05, 0.1) is 0 Å². The number of para-hydroxylation sites is 1. The number of anilines is 1. The predicted molar refractivity (Wildman–Crippen MR) is 73.7 cm³/mol. The van der Waals surface area contributed by atoms with Crippen LogP contribution in [0.5, 0.6) is 0 Å². The van der Waals surface area contributed by atoms with Gasteiger partial charge >= 0.3 is 0 Å². The molecule has 0 saturated carbocycles. The molecule has 1 aromatic carbocycles. The summed E-state index contributed by atoms with van der Waals surface area (Å²) in [7, 11) is 0. The molecule has 1 heterocycles. The lowest BCUT2D eigenvalue weighted by Crippen LogP contribution is -2.46. The largest absolute Gasteiger partial charge is 0.369 e. The second kappa shape index (κ2) is 6.89. The van der Waals surface area contributed by atoms with E-state index in [4.69, 9.17) is 5.53 Å².